The highest BCUT2D eigenvalue weighted by Gasteiger charge is 2.14. The topological polar surface area (TPSA) is 88.6 Å². The van der Waals surface area contributed by atoms with Crippen molar-refractivity contribution in [2.24, 2.45) is 5.10 Å². The first-order valence-corrected chi connectivity index (χ1v) is 9.27. The summed E-state index contributed by atoms with van der Waals surface area (Å²) in [5.41, 5.74) is 8.68. The van der Waals surface area contributed by atoms with E-state index in [9.17, 15) is 9.59 Å². The lowest BCUT2D eigenvalue weighted by Gasteiger charge is -2.15. The van der Waals surface area contributed by atoms with E-state index >= 15 is 0 Å². The number of hydrogen-bond donors (Lipinski definition) is 2. The summed E-state index contributed by atoms with van der Waals surface area (Å²) in [6, 6.07) is 11.6. The lowest BCUT2D eigenvalue weighted by atomic mass is 10.1. The zero-order valence-electron chi connectivity index (χ0n) is 16.9. The normalized spacial score (nSPS) is 11.0. The summed E-state index contributed by atoms with van der Waals surface area (Å²) in [6.45, 7) is 8.32. The zero-order valence-corrected chi connectivity index (χ0v) is 16.9. The third-order valence-corrected chi connectivity index (χ3v) is 4.71. The molecule has 2 heterocycles. The van der Waals surface area contributed by atoms with E-state index in [-0.39, 0.29) is 6.54 Å². The van der Waals surface area contributed by atoms with Gasteiger partial charge in [-0.2, -0.15) is 5.10 Å². The van der Waals surface area contributed by atoms with E-state index in [1.165, 1.54) is 17.4 Å². The number of rotatable bonds is 5. The van der Waals surface area contributed by atoms with E-state index < -0.39 is 11.8 Å². The van der Waals surface area contributed by atoms with Crippen molar-refractivity contribution in [2.75, 3.05) is 0 Å². The quantitative estimate of drug-likeness (QED) is 0.397. The van der Waals surface area contributed by atoms with Crippen LogP contribution in [0.25, 0.3) is 5.69 Å². The molecule has 0 aliphatic heterocycles. The summed E-state index contributed by atoms with van der Waals surface area (Å²) in [6.07, 6.45) is 3.05. The van der Waals surface area contributed by atoms with E-state index in [4.69, 9.17) is 4.42 Å². The van der Waals surface area contributed by atoms with Gasteiger partial charge in [0.1, 0.15) is 5.76 Å². The summed E-state index contributed by atoms with van der Waals surface area (Å²) < 4.78 is 7.27. The number of nitrogens with one attached hydrogen (secondary N) is 2. The molecule has 0 radical (unpaired) electrons. The van der Waals surface area contributed by atoms with Crippen molar-refractivity contribution in [2.45, 2.75) is 34.2 Å². The molecule has 0 fully saturated rings. The fraction of sp³-hybridized carbons (Fsp3) is 0.227. The molecule has 3 rings (SSSR count). The highest BCUT2D eigenvalue weighted by molar-refractivity contribution is 6.35. The molecule has 3 aromatic rings. The summed E-state index contributed by atoms with van der Waals surface area (Å²) in [5.74, 6) is -1.05. The standard InChI is InChI=1S/C22H24N4O3/c1-14-7-5-8-15(2)20(14)26-16(3)11-18(17(26)4)12-24-25-22(28)21(27)23-13-19-9-6-10-29-19/h5-12H,13H2,1-4H3,(H,23,27)(H,25,28)/b24-12-. The van der Waals surface area contributed by atoms with Crippen LogP contribution < -0.4 is 10.7 Å². The van der Waals surface area contributed by atoms with Crippen LogP contribution in [0.3, 0.4) is 0 Å². The van der Waals surface area contributed by atoms with Gasteiger partial charge in [-0.3, -0.25) is 9.59 Å². The second-order valence-electron chi connectivity index (χ2n) is 6.86. The maximum Gasteiger partial charge on any atom is 0.329 e. The number of carbonyl (C=O) groups excluding carboxylic acids is 2. The molecule has 0 atom stereocenters. The smallest absolute Gasteiger partial charge is 0.329 e. The second-order valence-corrected chi connectivity index (χ2v) is 6.86. The van der Waals surface area contributed by atoms with Crippen LogP contribution >= 0.6 is 0 Å². The molecule has 0 spiro atoms. The van der Waals surface area contributed by atoms with Crippen LogP contribution in [-0.4, -0.2) is 22.6 Å². The predicted octanol–water partition coefficient (Wildman–Crippen LogP) is 3.07. The molecule has 0 aliphatic carbocycles. The first-order valence-electron chi connectivity index (χ1n) is 9.27. The Morgan fingerprint density at radius 2 is 1.79 bits per heavy atom. The van der Waals surface area contributed by atoms with Crippen LogP contribution in [0, 0.1) is 27.7 Å². The Kier molecular flexibility index (Phi) is 5.97. The van der Waals surface area contributed by atoms with Crippen molar-refractivity contribution in [3.05, 3.63) is 76.5 Å². The summed E-state index contributed by atoms with van der Waals surface area (Å²) in [4.78, 5) is 23.7. The number of benzene rings is 1. The minimum atomic E-state index is -0.837. The largest absolute Gasteiger partial charge is 0.467 e. The van der Waals surface area contributed by atoms with Gasteiger partial charge in [-0.25, -0.2) is 5.43 Å². The number of para-hydroxylation sites is 1. The van der Waals surface area contributed by atoms with Gasteiger partial charge in [0.05, 0.1) is 24.7 Å². The minimum Gasteiger partial charge on any atom is -0.467 e. The molecule has 0 bridgehead atoms. The maximum absolute atomic E-state index is 11.9. The molecule has 150 valence electrons. The average Bonchev–Trinajstić information content (AvgIpc) is 3.29. The summed E-state index contributed by atoms with van der Waals surface area (Å²) in [7, 11) is 0. The third-order valence-electron chi connectivity index (χ3n) is 4.71. The molecule has 29 heavy (non-hydrogen) atoms. The van der Waals surface area contributed by atoms with Gasteiger partial charge in [-0.05, 0) is 57.0 Å². The Hall–Kier alpha value is -3.61. The molecular weight excluding hydrogens is 368 g/mol. The number of amides is 2. The maximum atomic E-state index is 11.9. The minimum absolute atomic E-state index is 0.139. The predicted molar refractivity (Wildman–Crippen MR) is 111 cm³/mol. The SMILES string of the molecule is Cc1cccc(C)c1-n1c(C)cc(/C=N\NC(=O)C(=O)NCc2ccco2)c1C. The van der Waals surface area contributed by atoms with Crippen molar-refractivity contribution < 1.29 is 14.0 Å². The van der Waals surface area contributed by atoms with Crippen molar-refractivity contribution >= 4 is 18.0 Å². The highest BCUT2D eigenvalue weighted by atomic mass is 16.3. The third kappa shape index (κ3) is 4.45. The highest BCUT2D eigenvalue weighted by Crippen LogP contribution is 2.25. The Bertz CT molecular complexity index is 1040. The lowest BCUT2D eigenvalue weighted by molar-refractivity contribution is -0.139. The van der Waals surface area contributed by atoms with Gasteiger partial charge in [0.15, 0.2) is 0 Å². The van der Waals surface area contributed by atoms with Gasteiger partial charge in [0.2, 0.25) is 0 Å². The van der Waals surface area contributed by atoms with Crippen LogP contribution in [0.4, 0.5) is 0 Å². The molecular formula is C22H24N4O3. The molecule has 0 saturated carbocycles. The number of aromatic nitrogens is 1. The fourth-order valence-electron chi connectivity index (χ4n) is 3.29. The van der Waals surface area contributed by atoms with E-state index in [1.54, 1.807) is 18.3 Å². The summed E-state index contributed by atoms with van der Waals surface area (Å²) >= 11 is 0. The molecule has 7 heteroatoms. The van der Waals surface area contributed by atoms with Crippen molar-refractivity contribution in [3.63, 3.8) is 0 Å². The Morgan fingerprint density at radius 1 is 1.07 bits per heavy atom. The van der Waals surface area contributed by atoms with Crippen LogP contribution in [0.2, 0.25) is 0 Å². The molecule has 2 N–H and O–H groups in total. The van der Waals surface area contributed by atoms with Crippen LogP contribution in [0.5, 0.6) is 0 Å². The Balaban J connectivity index is 1.68. The monoisotopic (exact) mass is 392 g/mol. The van der Waals surface area contributed by atoms with Crippen LogP contribution in [0.15, 0.2) is 52.2 Å². The van der Waals surface area contributed by atoms with Gasteiger partial charge in [0, 0.05) is 17.0 Å². The zero-order chi connectivity index (χ0) is 21.0. The molecule has 1 aromatic carbocycles. The first kappa shape index (κ1) is 20.1. The van der Waals surface area contributed by atoms with Gasteiger partial charge < -0.3 is 14.3 Å². The number of aryl methyl sites for hydroxylation is 3. The van der Waals surface area contributed by atoms with Crippen molar-refractivity contribution in [1.29, 1.82) is 0 Å². The van der Waals surface area contributed by atoms with Crippen molar-refractivity contribution in [3.8, 4) is 5.69 Å². The summed E-state index contributed by atoms with van der Waals surface area (Å²) in [5, 5.41) is 6.41. The van der Waals surface area contributed by atoms with Crippen LogP contribution in [-0.2, 0) is 16.1 Å². The molecule has 2 amide bonds. The Morgan fingerprint density at radius 3 is 2.45 bits per heavy atom. The lowest BCUT2D eigenvalue weighted by Crippen LogP contribution is -2.37. The average molecular weight is 392 g/mol. The van der Waals surface area contributed by atoms with Crippen LogP contribution in [0.1, 0.15) is 33.8 Å². The number of nitrogens with zero attached hydrogens (tertiary/aromatic N) is 2. The number of hydrogen-bond acceptors (Lipinski definition) is 4. The molecule has 7 nitrogen and oxygen atoms in total. The first-order chi connectivity index (χ1) is 13.9. The van der Waals surface area contributed by atoms with Crippen molar-refractivity contribution in [1.82, 2.24) is 15.3 Å². The second kappa shape index (κ2) is 8.60. The number of furan rings is 1. The fourth-order valence-corrected chi connectivity index (χ4v) is 3.29. The van der Waals surface area contributed by atoms with Gasteiger partial charge in [-0.1, -0.05) is 18.2 Å². The molecule has 0 saturated heterocycles. The number of carbonyl (C=O) groups is 2. The molecule has 0 aliphatic rings. The van der Waals surface area contributed by atoms with E-state index in [0.717, 1.165) is 22.6 Å². The van der Waals surface area contributed by atoms with Gasteiger partial charge >= 0.3 is 11.8 Å². The molecule has 2 aromatic heterocycles. The number of hydrazone groups is 1. The van der Waals surface area contributed by atoms with Gasteiger partial charge in [-0.15, -0.1) is 0 Å². The Labute approximate surface area is 169 Å². The van der Waals surface area contributed by atoms with Gasteiger partial charge in [0.25, 0.3) is 0 Å². The molecule has 0 unspecified atom stereocenters. The van der Waals surface area contributed by atoms with E-state index in [0.29, 0.717) is 5.76 Å². The van der Waals surface area contributed by atoms with E-state index in [2.05, 4.69) is 46.4 Å². The van der Waals surface area contributed by atoms with E-state index in [1.807, 2.05) is 26.0 Å².